The number of nitrogens with one attached hydrogen (secondary N) is 1. The Hall–Kier alpha value is -4.00. The van der Waals surface area contributed by atoms with Gasteiger partial charge in [0.1, 0.15) is 17.4 Å². The summed E-state index contributed by atoms with van der Waals surface area (Å²) in [4.78, 5) is 29.8. The maximum atomic E-state index is 13.0. The number of benzene rings is 3. The molecule has 3 aromatic carbocycles. The monoisotopic (exact) mass is 417 g/mol. The second-order valence-electron chi connectivity index (χ2n) is 7.07. The van der Waals surface area contributed by atoms with Crippen molar-refractivity contribution in [1.29, 1.82) is 0 Å². The van der Waals surface area contributed by atoms with Gasteiger partial charge in [0.05, 0.1) is 16.6 Å². The van der Waals surface area contributed by atoms with Crippen molar-refractivity contribution in [3.8, 4) is 11.4 Å². The number of fused-ring (bicyclic) bond motifs is 1. The van der Waals surface area contributed by atoms with Crippen molar-refractivity contribution < 1.29 is 13.9 Å². The molecule has 1 heterocycles. The van der Waals surface area contributed by atoms with E-state index in [0.29, 0.717) is 33.9 Å². The molecule has 0 spiro atoms. The van der Waals surface area contributed by atoms with Crippen LogP contribution in [-0.2, 0) is 4.79 Å². The molecule has 0 bridgehead atoms. The maximum Gasteiger partial charge on any atom is 0.265 e. The van der Waals surface area contributed by atoms with Gasteiger partial charge >= 0.3 is 0 Å². The first kappa shape index (κ1) is 20.3. The molecule has 1 atom stereocenters. The number of para-hydroxylation sites is 1. The number of hydrogen-bond donors (Lipinski definition) is 1. The van der Waals surface area contributed by atoms with E-state index in [2.05, 4.69) is 10.3 Å². The number of aryl methyl sites for hydroxylation is 1. The van der Waals surface area contributed by atoms with Crippen molar-refractivity contribution >= 4 is 22.5 Å². The first-order valence-electron chi connectivity index (χ1n) is 9.74. The van der Waals surface area contributed by atoms with Gasteiger partial charge in [-0.05, 0) is 74.5 Å². The zero-order valence-corrected chi connectivity index (χ0v) is 17.0. The number of ether oxygens (including phenoxy) is 1. The smallest absolute Gasteiger partial charge is 0.265 e. The van der Waals surface area contributed by atoms with E-state index in [4.69, 9.17) is 4.74 Å². The van der Waals surface area contributed by atoms with E-state index in [1.54, 1.807) is 50.2 Å². The molecule has 1 N–H and O–H groups in total. The highest BCUT2D eigenvalue weighted by atomic mass is 19.1. The molecule has 6 nitrogen and oxygen atoms in total. The van der Waals surface area contributed by atoms with Gasteiger partial charge in [-0.2, -0.15) is 0 Å². The normalized spacial score (nSPS) is 11.8. The maximum absolute atomic E-state index is 13.0. The van der Waals surface area contributed by atoms with E-state index in [1.807, 2.05) is 12.1 Å². The molecular formula is C24H20FN3O3. The van der Waals surface area contributed by atoms with Crippen LogP contribution in [0.5, 0.6) is 5.75 Å². The molecule has 0 aliphatic carbocycles. The standard InChI is InChI=1S/C24H20FN3O3/c1-15(31-20-13-7-17(25)8-14-20)23(29)27-18-9-11-19(12-10-18)28-16(2)26-22-6-4-3-5-21(22)24(28)30/h3-15H,1-2H3,(H,27,29). The Kier molecular flexibility index (Phi) is 5.49. The molecule has 0 saturated carbocycles. The van der Waals surface area contributed by atoms with Gasteiger partial charge < -0.3 is 10.1 Å². The van der Waals surface area contributed by atoms with Crippen molar-refractivity contribution in [3.05, 3.63) is 94.8 Å². The lowest BCUT2D eigenvalue weighted by atomic mass is 10.2. The number of halogens is 1. The third kappa shape index (κ3) is 4.30. The molecule has 156 valence electrons. The summed E-state index contributed by atoms with van der Waals surface area (Å²) in [5.41, 5.74) is 1.71. The number of rotatable bonds is 5. The largest absolute Gasteiger partial charge is 0.481 e. The average molecular weight is 417 g/mol. The first-order chi connectivity index (χ1) is 14.9. The van der Waals surface area contributed by atoms with E-state index >= 15 is 0 Å². The van der Waals surface area contributed by atoms with Crippen molar-refractivity contribution in [2.24, 2.45) is 0 Å². The minimum absolute atomic E-state index is 0.152. The lowest BCUT2D eigenvalue weighted by Gasteiger charge is -2.15. The van der Waals surface area contributed by atoms with Crippen LogP contribution in [-0.4, -0.2) is 21.6 Å². The predicted octanol–water partition coefficient (Wildman–Crippen LogP) is 4.24. The van der Waals surface area contributed by atoms with Crippen molar-refractivity contribution in [2.75, 3.05) is 5.32 Å². The fourth-order valence-corrected chi connectivity index (χ4v) is 3.26. The zero-order valence-electron chi connectivity index (χ0n) is 17.0. The molecule has 0 aliphatic heterocycles. The zero-order chi connectivity index (χ0) is 22.0. The highest BCUT2D eigenvalue weighted by molar-refractivity contribution is 5.94. The predicted molar refractivity (Wildman–Crippen MR) is 117 cm³/mol. The van der Waals surface area contributed by atoms with Crippen LogP contribution in [0.1, 0.15) is 12.7 Å². The molecular weight excluding hydrogens is 397 g/mol. The molecule has 0 radical (unpaired) electrons. The van der Waals surface area contributed by atoms with Crippen LogP contribution in [0.3, 0.4) is 0 Å². The van der Waals surface area contributed by atoms with Crippen LogP contribution in [0, 0.1) is 12.7 Å². The van der Waals surface area contributed by atoms with Crippen LogP contribution in [0.15, 0.2) is 77.6 Å². The summed E-state index contributed by atoms with van der Waals surface area (Å²) < 4.78 is 20.1. The highest BCUT2D eigenvalue weighted by Crippen LogP contribution is 2.17. The Morgan fingerprint density at radius 2 is 1.71 bits per heavy atom. The second-order valence-corrected chi connectivity index (χ2v) is 7.07. The molecule has 31 heavy (non-hydrogen) atoms. The van der Waals surface area contributed by atoms with Crippen LogP contribution in [0.25, 0.3) is 16.6 Å². The number of carbonyl (C=O) groups excluding carboxylic acids is 1. The second kappa shape index (κ2) is 8.39. The van der Waals surface area contributed by atoms with Crippen molar-refractivity contribution in [1.82, 2.24) is 9.55 Å². The lowest BCUT2D eigenvalue weighted by Crippen LogP contribution is -2.30. The summed E-state index contributed by atoms with van der Waals surface area (Å²) in [6, 6.07) is 19.6. The van der Waals surface area contributed by atoms with E-state index in [-0.39, 0.29) is 17.3 Å². The van der Waals surface area contributed by atoms with Crippen LogP contribution < -0.4 is 15.6 Å². The minimum Gasteiger partial charge on any atom is -0.481 e. The Morgan fingerprint density at radius 1 is 1.03 bits per heavy atom. The molecule has 0 fully saturated rings. The van der Waals surface area contributed by atoms with Crippen molar-refractivity contribution in [2.45, 2.75) is 20.0 Å². The minimum atomic E-state index is -0.778. The van der Waals surface area contributed by atoms with Gasteiger partial charge in [0.25, 0.3) is 11.5 Å². The fourth-order valence-electron chi connectivity index (χ4n) is 3.26. The Labute approximate surface area is 177 Å². The van der Waals surface area contributed by atoms with E-state index < -0.39 is 6.10 Å². The summed E-state index contributed by atoms with van der Waals surface area (Å²) in [7, 11) is 0. The van der Waals surface area contributed by atoms with Gasteiger partial charge in [-0.3, -0.25) is 14.2 Å². The number of amides is 1. The number of carbonyl (C=O) groups is 1. The summed E-state index contributed by atoms with van der Waals surface area (Å²) in [5.74, 6) is 0.248. The summed E-state index contributed by atoms with van der Waals surface area (Å²) in [6.45, 7) is 3.38. The van der Waals surface area contributed by atoms with Gasteiger partial charge in [0.2, 0.25) is 0 Å². The Balaban J connectivity index is 1.51. The quantitative estimate of drug-likeness (QED) is 0.527. The van der Waals surface area contributed by atoms with E-state index in [9.17, 15) is 14.0 Å². The Morgan fingerprint density at radius 3 is 2.42 bits per heavy atom. The molecule has 1 unspecified atom stereocenters. The third-order valence-electron chi connectivity index (χ3n) is 4.83. The molecule has 4 aromatic rings. The lowest BCUT2D eigenvalue weighted by molar-refractivity contribution is -0.122. The van der Waals surface area contributed by atoms with Crippen molar-refractivity contribution in [3.63, 3.8) is 0 Å². The molecule has 4 rings (SSSR count). The SMILES string of the molecule is Cc1nc2ccccc2c(=O)n1-c1ccc(NC(=O)C(C)Oc2ccc(F)cc2)cc1. The molecule has 0 saturated heterocycles. The summed E-state index contributed by atoms with van der Waals surface area (Å²) in [6.07, 6.45) is -0.778. The number of nitrogens with zero attached hydrogens (tertiary/aromatic N) is 2. The molecule has 1 aromatic heterocycles. The first-order valence-corrected chi connectivity index (χ1v) is 9.74. The average Bonchev–Trinajstić information content (AvgIpc) is 2.76. The summed E-state index contributed by atoms with van der Waals surface area (Å²) >= 11 is 0. The van der Waals surface area contributed by atoms with Crippen LogP contribution >= 0.6 is 0 Å². The van der Waals surface area contributed by atoms with Gasteiger partial charge in [-0.25, -0.2) is 9.37 Å². The summed E-state index contributed by atoms with van der Waals surface area (Å²) in [5, 5.41) is 3.31. The van der Waals surface area contributed by atoms with Crippen LogP contribution in [0.4, 0.5) is 10.1 Å². The van der Waals surface area contributed by atoms with Crippen LogP contribution in [0.2, 0.25) is 0 Å². The fraction of sp³-hybridized carbons (Fsp3) is 0.125. The van der Waals surface area contributed by atoms with E-state index in [1.165, 1.54) is 28.8 Å². The van der Waals surface area contributed by atoms with E-state index in [0.717, 1.165) is 0 Å². The molecule has 1 amide bonds. The Bertz CT molecular complexity index is 1300. The highest BCUT2D eigenvalue weighted by Gasteiger charge is 2.15. The van der Waals surface area contributed by atoms with Gasteiger partial charge in [-0.1, -0.05) is 12.1 Å². The third-order valence-corrected chi connectivity index (χ3v) is 4.83. The molecule has 7 heteroatoms. The topological polar surface area (TPSA) is 73.2 Å². The number of anilines is 1. The van der Waals surface area contributed by atoms with Gasteiger partial charge in [0, 0.05) is 5.69 Å². The van der Waals surface area contributed by atoms with Gasteiger partial charge in [-0.15, -0.1) is 0 Å². The van der Waals surface area contributed by atoms with Gasteiger partial charge in [0.15, 0.2) is 6.10 Å². The number of aromatic nitrogens is 2. The number of hydrogen-bond acceptors (Lipinski definition) is 4. The molecule has 0 aliphatic rings.